The molecule has 0 spiro atoms. The van der Waals surface area contributed by atoms with Crippen LogP contribution in [0.4, 0.5) is 0 Å². The standard InChI is InChI=1S/C14H17.BrH.Mg/c1-2-3-11-4-6-13(7-5-11)14-8-12(9-14)10-14;;/h4-7H,2-3,8-10H2,1H3;1H;/q-1;;+2/p-1. The fourth-order valence-electron chi connectivity index (χ4n) is 2.90. The Labute approximate surface area is 125 Å². The molecule has 82 valence electrons. The van der Waals surface area contributed by atoms with Crippen molar-refractivity contribution in [1.29, 1.82) is 0 Å². The largest absolute Gasteiger partial charge is 2.00 e. The Morgan fingerprint density at radius 2 is 1.69 bits per heavy atom. The molecule has 0 aromatic heterocycles. The summed E-state index contributed by atoms with van der Waals surface area (Å²) in [6.07, 6.45) is 6.65. The van der Waals surface area contributed by atoms with Crippen molar-refractivity contribution in [3.05, 3.63) is 41.3 Å². The molecule has 0 atom stereocenters. The first kappa shape index (κ1) is 14.5. The van der Waals surface area contributed by atoms with E-state index in [0.29, 0.717) is 5.41 Å². The molecule has 0 unspecified atom stereocenters. The molecule has 3 aliphatic carbocycles. The molecule has 0 amide bonds. The van der Waals surface area contributed by atoms with E-state index in [1.54, 1.807) is 11.5 Å². The second-order valence-corrected chi connectivity index (χ2v) is 5.01. The molecule has 2 bridgehead atoms. The molecular weight excluding hydrogens is 272 g/mol. The smallest absolute Gasteiger partial charge is 1.00 e. The number of rotatable bonds is 3. The number of benzene rings is 1. The van der Waals surface area contributed by atoms with Gasteiger partial charge in [0.1, 0.15) is 0 Å². The Hall–Kier alpha value is 0.466. The van der Waals surface area contributed by atoms with E-state index >= 15 is 0 Å². The van der Waals surface area contributed by atoms with Gasteiger partial charge in [0.2, 0.25) is 0 Å². The Morgan fingerprint density at radius 1 is 1.12 bits per heavy atom. The number of hydrogen-bond acceptors (Lipinski definition) is 0. The van der Waals surface area contributed by atoms with Gasteiger partial charge in [0, 0.05) is 0 Å². The molecule has 0 aliphatic heterocycles. The van der Waals surface area contributed by atoms with Crippen LogP contribution in [0.15, 0.2) is 24.3 Å². The maximum atomic E-state index is 2.36. The minimum Gasteiger partial charge on any atom is -1.00 e. The zero-order valence-electron chi connectivity index (χ0n) is 9.93. The second-order valence-electron chi connectivity index (χ2n) is 5.01. The maximum absolute atomic E-state index is 2.36. The molecule has 3 fully saturated rings. The van der Waals surface area contributed by atoms with Crippen LogP contribution in [0.3, 0.4) is 0 Å². The van der Waals surface area contributed by atoms with Crippen LogP contribution in [-0.2, 0) is 11.8 Å². The molecule has 1 aromatic rings. The van der Waals surface area contributed by atoms with Crippen molar-refractivity contribution in [2.45, 2.75) is 44.4 Å². The Bertz CT molecular complexity index is 327. The van der Waals surface area contributed by atoms with Gasteiger partial charge in [0.05, 0.1) is 0 Å². The molecule has 1 aromatic carbocycles. The second kappa shape index (κ2) is 5.41. The van der Waals surface area contributed by atoms with Crippen LogP contribution in [0.5, 0.6) is 0 Å². The van der Waals surface area contributed by atoms with Gasteiger partial charge in [-0.2, -0.15) is 19.3 Å². The average molecular weight is 289 g/mol. The predicted molar refractivity (Wildman–Crippen MR) is 65.0 cm³/mol. The van der Waals surface area contributed by atoms with Gasteiger partial charge >= 0.3 is 23.1 Å². The van der Waals surface area contributed by atoms with E-state index in [-0.39, 0.29) is 40.0 Å². The van der Waals surface area contributed by atoms with Crippen molar-refractivity contribution < 1.29 is 17.0 Å². The summed E-state index contributed by atoms with van der Waals surface area (Å²) < 4.78 is 0. The number of halogens is 1. The molecule has 0 nitrogen and oxygen atoms in total. The van der Waals surface area contributed by atoms with E-state index < -0.39 is 0 Å². The van der Waals surface area contributed by atoms with E-state index in [9.17, 15) is 0 Å². The van der Waals surface area contributed by atoms with Crippen molar-refractivity contribution in [2.75, 3.05) is 0 Å². The van der Waals surface area contributed by atoms with Gasteiger partial charge in [-0.15, -0.1) is 0 Å². The zero-order chi connectivity index (χ0) is 9.60. The van der Waals surface area contributed by atoms with Gasteiger partial charge in [-0.3, -0.25) is 0 Å². The summed E-state index contributed by atoms with van der Waals surface area (Å²) in [6, 6.07) is 9.37. The van der Waals surface area contributed by atoms with Crippen molar-refractivity contribution in [2.24, 2.45) is 0 Å². The zero-order valence-corrected chi connectivity index (χ0v) is 12.9. The van der Waals surface area contributed by atoms with Gasteiger partial charge in [-0.05, 0) is 17.5 Å². The third-order valence-electron chi connectivity index (χ3n) is 3.87. The van der Waals surface area contributed by atoms with Crippen LogP contribution in [0.25, 0.3) is 0 Å². The van der Waals surface area contributed by atoms with Crippen LogP contribution in [0.1, 0.15) is 43.7 Å². The van der Waals surface area contributed by atoms with Gasteiger partial charge < -0.3 is 22.9 Å². The normalized spacial score (nSPS) is 19.8. The topological polar surface area (TPSA) is 0 Å². The van der Waals surface area contributed by atoms with Crippen molar-refractivity contribution in [1.82, 2.24) is 0 Å². The molecule has 3 aliphatic rings. The first-order valence-corrected chi connectivity index (χ1v) is 5.75. The van der Waals surface area contributed by atoms with Gasteiger partial charge in [-0.1, -0.05) is 43.0 Å². The first-order valence-electron chi connectivity index (χ1n) is 5.75. The van der Waals surface area contributed by atoms with E-state index in [0.717, 1.165) is 0 Å². The molecule has 0 radical (unpaired) electrons. The quantitative estimate of drug-likeness (QED) is 0.554. The van der Waals surface area contributed by atoms with Crippen molar-refractivity contribution >= 4 is 23.1 Å². The summed E-state index contributed by atoms with van der Waals surface area (Å²) >= 11 is 0. The molecule has 3 saturated carbocycles. The Morgan fingerprint density at radius 3 is 2.06 bits per heavy atom. The fourth-order valence-corrected chi connectivity index (χ4v) is 2.90. The summed E-state index contributed by atoms with van der Waals surface area (Å²) in [5, 5.41) is 0. The maximum Gasteiger partial charge on any atom is 2.00 e. The predicted octanol–water partition coefficient (Wildman–Crippen LogP) is 0.272. The molecule has 0 saturated heterocycles. The van der Waals surface area contributed by atoms with E-state index in [1.165, 1.54) is 37.7 Å². The molecule has 0 N–H and O–H groups in total. The third-order valence-corrected chi connectivity index (χ3v) is 3.87. The van der Waals surface area contributed by atoms with Gasteiger partial charge in [0.25, 0.3) is 0 Å². The summed E-state index contributed by atoms with van der Waals surface area (Å²) in [7, 11) is 0. The summed E-state index contributed by atoms with van der Waals surface area (Å²) in [4.78, 5) is 0. The van der Waals surface area contributed by atoms with Crippen LogP contribution in [-0.4, -0.2) is 23.1 Å². The molecule has 2 heteroatoms. The minimum atomic E-state index is 0. The summed E-state index contributed by atoms with van der Waals surface area (Å²) in [5.74, 6) is 1.79. The molecule has 0 heterocycles. The molecule has 16 heavy (non-hydrogen) atoms. The molecule has 4 rings (SSSR count). The van der Waals surface area contributed by atoms with Crippen LogP contribution in [0.2, 0.25) is 0 Å². The van der Waals surface area contributed by atoms with Crippen LogP contribution < -0.4 is 17.0 Å². The van der Waals surface area contributed by atoms with Crippen LogP contribution in [0, 0.1) is 5.92 Å². The summed E-state index contributed by atoms with van der Waals surface area (Å²) in [5.41, 5.74) is 3.70. The van der Waals surface area contributed by atoms with E-state index in [4.69, 9.17) is 0 Å². The Kier molecular flexibility index (Phi) is 4.91. The molecular formula is C14H17BrMg. The third kappa shape index (κ3) is 2.21. The SMILES string of the molecule is CCCc1ccc(C23C[C-](C2)C3)cc1.[Br-].[Mg+2]. The van der Waals surface area contributed by atoms with Gasteiger partial charge in [-0.25, -0.2) is 0 Å². The summed E-state index contributed by atoms with van der Waals surface area (Å²) in [6.45, 7) is 2.24. The first-order chi connectivity index (χ1) is 6.82. The Balaban J connectivity index is 0.000000640. The van der Waals surface area contributed by atoms with E-state index in [2.05, 4.69) is 31.2 Å². The average Bonchev–Trinajstić information content (AvgIpc) is 2.03. The van der Waals surface area contributed by atoms with E-state index in [1.807, 2.05) is 0 Å². The number of hydrogen-bond donors (Lipinski definition) is 0. The number of aryl methyl sites for hydroxylation is 1. The van der Waals surface area contributed by atoms with Crippen molar-refractivity contribution in [3.63, 3.8) is 0 Å². The minimum absolute atomic E-state index is 0. The van der Waals surface area contributed by atoms with Crippen molar-refractivity contribution in [3.8, 4) is 0 Å². The van der Waals surface area contributed by atoms with Crippen LogP contribution >= 0.6 is 0 Å². The fraction of sp³-hybridized carbons (Fsp3) is 0.500. The van der Waals surface area contributed by atoms with Gasteiger partial charge in [0.15, 0.2) is 0 Å². The monoisotopic (exact) mass is 288 g/mol.